The maximum absolute atomic E-state index is 12.7. The van der Waals surface area contributed by atoms with E-state index in [1.54, 1.807) is 12.1 Å². The maximum Gasteiger partial charge on any atom is 0.123 e. The normalized spacial score (nSPS) is 10.3. The van der Waals surface area contributed by atoms with Gasteiger partial charge in [-0.25, -0.2) is 4.39 Å². The van der Waals surface area contributed by atoms with Gasteiger partial charge in [-0.3, -0.25) is 0 Å². The molecule has 0 unspecified atom stereocenters. The molecule has 0 saturated carbocycles. The third kappa shape index (κ3) is 2.98. The van der Waals surface area contributed by atoms with Gasteiger partial charge < -0.3 is 5.32 Å². The van der Waals surface area contributed by atoms with E-state index in [2.05, 4.69) is 5.32 Å². The Balaban J connectivity index is 2.07. The van der Waals surface area contributed by atoms with Crippen LogP contribution in [0, 0.1) is 12.7 Å². The average molecular weight is 250 g/mol. The van der Waals surface area contributed by atoms with E-state index in [0.29, 0.717) is 6.54 Å². The monoisotopic (exact) mass is 249 g/mol. The van der Waals surface area contributed by atoms with Gasteiger partial charge in [0.15, 0.2) is 0 Å². The quantitative estimate of drug-likeness (QED) is 0.850. The Morgan fingerprint density at radius 2 is 1.82 bits per heavy atom. The summed E-state index contributed by atoms with van der Waals surface area (Å²) in [5, 5.41) is 4.03. The molecule has 0 aliphatic heterocycles. The molecule has 3 heteroatoms. The van der Waals surface area contributed by atoms with Crippen molar-refractivity contribution in [1.29, 1.82) is 0 Å². The molecule has 0 radical (unpaired) electrons. The number of nitrogens with one attached hydrogen (secondary N) is 1. The van der Waals surface area contributed by atoms with Gasteiger partial charge in [0, 0.05) is 17.3 Å². The van der Waals surface area contributed by atoms with Crippen LogP contribution in [-0.2, 0) is 6.54 Å². The number of hydrogen-bond acceptors (Lipinski definition) is 1. The van der Waals surface area contributed by atoms with Crippen LogP contribution in [0.1, 0.15) is 11.1 Å². The van der Waals surface area contributed by atoms with Crippen molar-refractivity contribution in [1.82, 2.24) is 0 Å². The van der Waals surface area contributed by atoms with Crippen molar-refractivity contribution in [3.8, 4) is 0 Å². The lowest BCUT2D eigenvalue weighted by Crippen LogP contribution is -2.01. The Hall–Kier alpha value is -1.54. The zero-order valence-corrected chi connectivity index (χ0v) is 10.3. The van der Waals surface area contributed by atoms with Crippen LogP contribution in [0.5, 0.6) is 0 Å². The summed E-state index contributed by atoms with van der Waals surface area (Å²) in [5.74, 6) is -0.215. The summed E-state index contributed by atoms with van der Waals surface area (Å²) in [4.78, 5) is 0. The summed E-state index contributed by atoms with van der Waals surface area (Å²) in [6, 6.07) is 12.2. The van der Waals surface area contributed by atoms with Gasteiger partial charge in [-0.2, -0.15) is 0 Å². The van der Waals surface area contributed by atoms with Crippen molar-refractivity contribution < 1.29 is 4.39 Å². The first kappa shape index (κ1) is 11.9. The third-order valence-electron chi connectivity index (χ3n) is 2.66. The van der Waals surface area contributed by atoms with E-state index >= 15 is 0 Å². The maximum atomic E-state index is 12.7. The van der Waals surface area contributed by atoms with Crippen molar-refractivity contribution >= 4 is 17.3 Å². The molecule has 2 aromatic rings. The number of benzene rings is 2. The van der Waals surface area contributed by atoms with E-state index < -0.39 is 0 Å². The Labute approximate surface area is 105 Å². The second-order valence-electron chi connectivity index (χ2n) is 3.89. The number of hydrogen-bond donors (Lipinski definition) is 1. The number of rotatable bonds is 3. The van der Waals surface area contributed by atoms with Crippen molar-refractivity contribution in [2.45, 2.75) is 13.5 Å². The van der Waals surface area contributed by atoms with Crippen LogP contribution in [0.25, 0.3) is 0 Å². The zero-order valence-electron chi connectivity index (χ0n) is 9.50. The van der Waals surface area contributed by atoms with Crippen LogP contribution >= 0.6 is 11.6 Å². The average Bonchev–Trinajstić information content (AvgIpc) is 2.33. The molecule has 2 rings (SSSR count). The third-order valence-corrected chi connectivity index (χ3v) is 3.07. The van der Waals surface area contributed by atoms with Crippen LogP contribution < -0.4 is 5.32 Å². The lowest BCUT2D eigenvalue weighted by molar-refractivity contribution is 0.627. The molecule has 0 amide bonds. The highest BCUT2D eigenvalue weighted by molar-refractivity contribution is 6.31. The topological polar surface area (TPSA) is 12.0 Å². The van der Waals surface area contributed by atoms with Crippen molar-refractivity contribution in [2.24, 2.45) is 0 Å². The van der Waals surface area contributed by atoms with Crippen LogP contribution in [0.15, 0.2) is 42.5 Å². The van der Waals surface area contributed by atoms with Crippen LogP contribution in [-0.4, -0.2) is 0 Å². The molecule has 0 fully saturated rings. The highest BCUT2D eigenvalue weighted by Gasteiger charge is 2.01. The predicted molar refractivity (Wildman–Crippen MR) is 69.9 cm³/mol. The van der Waals surface area contributed by atoms with Crippen LogP contribution in [0.3, 0.4) is 0 Å². The van der Waals surface area contributed by atoms with Gasteiger partial charge in [-0.15, -0.1) is 0 Å². The van der Waals surface area contributed by atoms with E-state index in [9.17, 15) is 4.39 Å². The highest BCUT2D eigenvalue weighted by atomic mass is 35.5. The van der Waals surface area contributed by atoms with Crippen LogP contribution in [0.2, 0.25) is 5.02 Å². The molecule has 0 spiro atoms. The lowest BCUT2D eigenvalue weighted by Gasteiger charge is -2.10. The number of halogens is 2. The zero-order chi connectivity index (χ0) is 12.3. The Bertz CT molecular complexity index is 508. The fourth-order valence-electron chi connectivity index (χ4n) is 1.60. The minimum absolute atomic E-state index is 0.215. The van der Waals surface area contributed by atoms with E-state index in [4.69, 9.17) is 11.6 Å². The van der Waals surface area contributed by atoms with Gasteiger partial charge in [0.2, 0.25) is 0 Å². The van der Waals surface area contributed by atoms with Crippen molar-refractivity contribution in [2.75, 3.05) is 5.32 Å². The second kappa shape index (κ2) is 5.19. The molecular weight excluding hydrogens is 237 g/mol. The minimum Gasteiger partial charge on any atom is -0.381 e. The summed E-state index contributed by atoms with van der Waals surface area (Å²) < 4.78 is 12.7. The Morgan fingerprint density at radius 1 is 1.12 bits per heavy atom. The summed E-state index contributed by atoms with van der Waals surface area (Å²) >= 11 is 6.03. The van der Waals surface area contributed by atoms with Crippen molar-refractivity contribution in [3.05, 3.63) is 64.4 Å². The lowest BCUT2D eigenvalue weighted by atomic mass is 10.1. The molecule has 0 atom stereocenters. The van der Waals surface area contributed by atoms with Crippen LogP contribution in [0.4, 0.5) is 10.1 Å². The van der Waals surface area contributed by atoms with Crippen molar-refractivity contribution in [3.63, 3.8) is 0 Å². The fourth-order valence-corrected chi connectivity index (χ4v) is 1.77. The molecule has 2 aromatic carbocycles. The predicted octanol–water partition coefficient (Wildman–Crippen LogP) is 4.40. The molecule has 0 aliphatic rings. The summed E-state index contributed by atoms with van der Waals surface area (Å²) in [6.07, 6.45) is 0. The summed E-state index contributed by atoms with van der Waals surface area (Å²) in [6.45, 7) is 2.62. The first-order valence-corrected chi connectivity index (χ1v) is 5.78. The first-order valence-electron chi connectivity index (χ1n) is 5.40. The van der Waals surface area contributed by atoms with Gasteiger partial charge in [-0.05, 0) is 42.3 Å². The second-order valence-corrected chi connectivity index (χ2v) is 4.30. The highest BCUT2D eigenvalue weighted by Crippen LogP contribution is 2.23. The molecule has 0 saturated heterocycles. The van der Waals surface area contributed by atoms with E-state index in [0.717, 1.165) is 21.8 Å². The molecule has 0 bridgehead atoms. The van der Waals surface area contributed by atoms with Gasteiger partial charge in [-0.1, -0.05) is 29.8 Å². The smallest absolute Gasteiger partial charge is 0.123 e. The van der Waals surface area contributed by atoms with E-state index in [1.165, 1.54) is 12.1 Å². The van der Waals surface area contributed by atoms with E-state index in [-0.39, 0.29) is 5.82 Å². The molecule has 1 nitrogen and oxygen atoms in total. The molecule has 0 aliphatic carbocycles. The first-order chi connectivity index (χ1) is 8.16. The standard InChI is InChI=1S/C14H13ClFN/c1-10-13(15)3-2-4-14(10)17-9-11-5-7-12(16)8-6-11/h2-8,17H,9H2,1H3. The van der Waals surface area contributed by atoms with Gasteiger partial charge in [0.25, 0.3) is 0 Å². The molecule has 1 N–H and O–H groups in total. The molecule has 0 heterocycles. The molecule has 0 aromatic heterocycles. The fraction of sp³-hybridized carbons (Fsp3) is 0.143. The van der Waals surface area contributed by atoms with E-state index in [1.807, 2.05) is 25.1 Å². The Kier molecular flexibility index (Phi) is 3.64. The summed E-state index contributed by atoms with van der Waals surface area (Å²) in [7, 11) is 0. The Morgan fingerprint density at radius 3 is 2.53 bits per heavy atom. The van der Waals surface area contributed by atoms with Gasteiger partial charge >= 0.3 is 0 Å². The SMILES string of the molecule is Cc1c(Cl)cccc1NCc1ccc(F)cc1. The minimum atomic E-state index is -0.215. The molecule has 17 heavy (non-hydrogen) atoms. The molecular formula is C14H13ClFN. The number of anilines is 1. The largest absolute Gasteiger partial charge is 0.381 e. The molecule has 88 valence electrons. The van der Waals surface area contributed by atoms with Gasteiger partial charge in [0.05, 0.1) is 0 Å². The summed E-state index contributed by atoms with van der Waals surface area (Å²) in [5.41, 5.74) is 3.06. The van der Waals surface area contributed by atoms with Gasteiger partial charge in [0.1, 0.15) is 5.82 Å².